The number of halogens is 4. The Bertz CT molecular complexity index is 1320. The zero-order valence-corrected chi connectivity index (χ0v) is 16.3. The van der Waals surface area contributed by atoms with E-state index < -0.39 is 61.8 Å². The van der Waals surface area contributed by atoms with Gasteiger partial charge in [0.05, 0.1) is 23.2 Å². The summed E-state index contributed by atoms with van der Waals surface area (Å²) < 4.78 is 77.6. The Morgan fingerprint density at radius 3 is 2.20 bits per heavy atom. The molecule has 0 bridgehead atoms. The van der Waals surface area contributed by atoms with Gasteiger partial charge in [-0.05, 0) is 12.1 Å². The summed E-state index contributed by atoms with van der Waals surface area (Å²) in [6, 6.07) is 2.53. The van der Waals surface area contributed by atoms with E-state index in [0.29, 0.717) is 25.4 Å². The molecule has 0 fully saturated rings. The van der Waals surface area contributed by atoms with Crippen molar-refractivity contribution < 1.29 is 30.8 Å². The molecule has 9 nitrogen and oxygen atoms in total. The average molecular weight is 448 g/mol. The Labute approximate surface area is 166 Å². The second kappa shape index (κ2) is 7.41. The lowest BCUT2D eigenvalue weighted by Gasteiger charge is -2.21. The highest BCUT2D eigenvalue weighted by molar-refractivity contribution is 7.92. The van der Waals surface area contributed by atoms with Crippen LogP contribution in [0.1, 0.15) is 18.2 Å². The molecule has 1 aromatic carbocycles. The van der Waals surface area contributed by atoms with Gasteiger partial charge < -0.3 is 0 Å². The quantitative estimate of drug-likeness (QED) is 0.643. The third-order valence-corrected chi connectivity index (χ3v) is 4.99. The highest BCUT2D eigenvalue weighted by Crippen LogP contribution is 2.29. The molecule has 0 radical (unpaired) electrons. The molecule has 0 N–H and O–H groups in total. The maximum absolute atomic E-state index is 14.6. The summed E-state index contributed by atoms with van der Waals surface area (Å²) in [5.41, 5.74) is -7.00. The summed E-state index contributed by atoms with van der Waals surface area (Å²) in [6.07, 6.45) is -4.44. The van der Waals surface area contributed by atoms with Gasteiger partial charge in [0, 0.05) is 20.0 Å². The second-order valence-corrected chi connectivity index (χ2v) is 7.85. The van der Waals surface area contributed by atoms with Crippen LogP contribution in [0.15, 0.2) is 27.8 Å². The van der Waals surface area contributed by atoms with Crippen LogP contribution < -0.4 is 15.6 Å². The van der Waals surface area contributed by atoms with Gasteiger partial charge in [-0.1, -0.05) is 0 Å². The van der Waals surface area contributed by atoms with Gasteiger partial charge in [-0.2, -0.15) is 18.4 Å². The zero-order valence-electron chi connectivity index (χ0n) is 15.5. The molecule has 0 unspecified atom stereocenters. The predicted molar refractivity (Wildman–Crippen MR) is 95.0 cm³/mol. The van der Waals surface area contributed by atoms with Gasteiger partial charge in [0.1, 0.15) is 17.6 Å². The molecule has 0 saturated heterocycles. The maximum atomic E-state index is 14.6. The van der Waals surface area contributed by atoms with E-state index in [0.717, 1.165) is 6.92 Å². The molecule has 2 rings (SSSR count). The summed E-state index contributed by atoms with van der Waals surface area (Å²) in [7, 11) is -3.63. The van der Waals surface area contributed by atoms with Crippen molar-refractivity contribution in [2.45, 2.75) is 13.1 Å². The molecule has 1 amide bonds. The number of sulfonamides is 1. The molecule has 2 aromatic rings. The molecule has 0 aliphatic rings. The van der Waals surface area contributed by atoms with Crippen LogP contribution in [-0.4, -0.2) is 29.7 Å². The van der Waals surface area contributed by atoms with Crippen LogP contribution in [0.25, 0.3) is 5.69 Å². The molecule has 0 aliphatic carbocycles. The Hall–Kier alpha value is -3.47. The van der Waals surface area contributed by atoms with Crippen LogP contribution >= 0.6 is 0 Å². The predicted octanol–water partition coefficient (Wildman–Crippen LogP) is 0.878. The van der Waals surface area contributed by atoms with E-state index in [1.807, 2.05) is 0 Å². The second-order valence-electron chi connectivity index (χ2n) is 6.02. The lowest BCUT2D eigenvalue weighted by molar-refractivity contribution is -0.144. The number of amides is 1. The van der Waals surface area contributed by atoms with Crippen molar-refractivity contribution in [2.75, 3.05) is 10.6 Å². The fourth-order valence-corrected chi connectivity index (χ4v) is 3.66. The topological polar surface area (TPSA) is 122 Å². The molecular formula is C16H12F4N4O5S. The number of carbonyl (C=O) groups excluding carboxylic acids is 1. The van der Waals surface area contributed by atoms with Gasteiger partial charge >= 0.3 is 11.9 Å². The van der Waals surface area contributed by atoms with Crippen molar-refractivity contribution in [3.63, 3.8) is 0 Å². The maximum Gasteiger partial charge on any atom is 0.431 e. The Kier molecular flexibility index (Phi) is 5.64. The smallest absolute Gasteiger partial charge is 0.292 e. The number of nitriles is 1. The minimum atomic E-state index is -5.05. The summed E-state index contributed by atoms with van der Waals surface area (Å²) in [6.45, 7) is 0.828. The van der Waals surface area contributed by atoms with Crippen molar-refractivity contribution >= 4 is 21.6 Å². The minimum Gasteiger partial charge on any atom is -0.292 e. The first kappa shape index (κ1) is 22.8. The molecule has 0 atom stereocenters. The summed E-state index contributed by atoms with van der Waals surface area (Å²) in [5, 5.41) is 9.17. The van der Waals surface area contributed by atoms with Crippen LogP contribution in [0, 0.1) is 17.1 Å². The number of anilines is 1. The molecule has 160 valence electrons. The summed E-state index contributed by atoms with van der Waals surface area (Å²) in [5.74, 6) is -2.48. The largest absolute Gasteiger partial charge is 0.431 e. The van der Waals surface area contributed by atoms with E-state index in [9.17, 15) is 45.6 Å². The van der Waals surface area contributed by atoms with E-state index in [2.05, 4.69) is 0 Å². The number of aromatic nitrogens is 2. The molecular weight excluding hydrogens is 436 g/mol. The van der Waals surface area contributed by atoms with Crippen molar-refractivity contribution in [2.24, 2.45) is 7.05 Å². The first-order valence-electron chi connectivity index (χ1n) is 7.76. The summed E-state index contributed by atoms with van der Waals surface area (Å²) >= 11 is 0. The minimum absolute atomic E-state index is 0.0236. The van der Waals surface area contributed by atoms with Gasteiger partial charge in [0.2, 0.25) is 15.9 Å². The standard InChI is InChI=1S/C16H12F4N4O5S/c1-8(25)24(30(3,28)29)11-5-12(10(17)4-9(11)7-21)23-14(26)6-13(16(18,19)20)22(2)15(23)27/h4-6H,1-3H3. The normalized spacial score (nSPS) is 11.8. The number of hydrogen-bond acceptors (Lipinski definition) is 6. The number of alkyl halides is 3. The SMILES string of the molecule is CC(=O)N(c1cc(-n2c(=O)cc(C(F)(F)F)n(C)c2=O)c(F)cc1C#N)S(C)(=O)=O. The van der Waals surface area contributed by atoms with Crippen LogP contribution in [-0.2, 0) is 28.0 Å². The summed E-state index contributed by atoms with van der Waals surface area (Å²) in [4.78, 5) is 36.4. The van der Waals surface area contributed by atoms with E-state index >= 15 is 0 Å². The number of hydrogen-bond donors (Lipinski definition) is 0. The van der Waals surface area contributed by atoms with Crippen molar-refractivity contribution in [1.82, 2.24) is 9.13 Å². The van der Waals surface area contributed by atoms with Crippen molar-refractivity contribution in [3.05, 3.63) is 56.1 Å². The molecule has 1 aromatic heterocycles. The average Bonchev–Trinajstić information content (AvgIpc) is 2.57. The highest BCUT2D eigenvalue weighted by atomic mass is 32.2. The number of nitrogens with zero attached hydrogens (tertiary/aromatic N) is 4. The Balaban J connectivity index is 2.98. The molecule has 14 heteroatoms. The number of carbonyl (C=O) groups is 1. The first-order valence-corrected chi connectivity index (χ1v) is 9.61. The van der Waals surface area contributed by atoms with Crippen molar-refractivity contribution in [1.29, 1.82) is 5.26 Å². The van der Waals surface area contributed by atoms with E-state index in [-0.39, 0.29) is 19.5 Å². The third-order valence-electron chi connectivity index (χ3n) is 3.87. The molecule has 0 saturated carbocycles. The van der Waals surface area contributed by atoms with Crippen molar-refractivity contribution in [3.8, 4) is 11.8 Å². The third kappa shape index (κ3) is 3.96. The van der Waals surface area contributed by atoms with Crippen LogP contribution in [0.5, 0.6) is 0 Å². The van der Waals surface area contributed by atoms with E-state index in [1.165, 1.54) is 6.07 Å². The molecule has 0 spiro atoms. The Morgan fingerprint density at radius 1 is 1.20 bits per heavy atom. The molecule has 0 aliphatic heterocycles. The van der Waals surface area contributed by atoms with E-state index in [1.54, 1.807) is 0 Å². The van der Waals surface area contributed by atoms with Crippen LogP contribution in [0.4, 0.5) is 23.2 Å². The van der Waals surface area contributed by atoms with Gasteiger partial charge in [-0.3, -0.25) is 14.2 Å². The van der Waals surface area contributed by atoms with E-state index in [4.69, 9.17) is 0 Å². The fourth-order valence-electron chi connectivity index (χ4n) is 2.68. The molecule has 30 heavy (non-hydrogen) atoms. The Morgan fingerprint density at radius 2 is 1.77 bits per heavy atom. The zero-order chi connectivity index (χ0) is 23.2. The monoisotopic (exact) mass is 448 g/mol. The first-order chi connectivity index (χ1) is 13.6. The lowest BCUT2D eigenvalue weighted by atomic mass is 10.1. The van der Waals surface area contributed by atoms with Gasteiger partial charge in [-0.15, -0.1) is 0 Å². The fraction of sp³-hybridized carbons (Fsp3) is 0.250. The van der Waals surface area contributed by atoms with Gasteiger partial charge in [0.15, 0.2) is 0 Å². The van der Waals surface area contributed by atoms with Gasteiger partial charge in [-0.25, -0.2) is 26.5 Å². The van der Waals surface area contributed by atoms with Crippen LogP contribution in [0.2, 0.25) is 0 Å². The number of rotatable bonds is 3. The van der Waals surface area contributed by atoms with Crippen LogP contribution in [0.3, 0.4) is 0 Å². The highest BCUT2D eigenvalue weighted by Gasteiger charge is 2.35. The number of benzene rings is 1. The molecule has 1 heterocycles. The van der Waals surface area contributed by atoms with Gasteiger partial charge in [0.25, 0.3) is 5.56 Å². The lowest BCUT2D eigenvalue weighted by Crippen LogP contribution is -2.41.